The minimum atomic E-state index is -0.311. The predicted molar refractivity (Wildman–Crippen MR) is 131 cm³/mol. The standard InChI is InChI=1S/C27H26N4O/c1-3-19-16-11-17-20(4-2)24(19)31-27(32)29-23-18-28-26(22-14-9-6-10-15-22)30-25(23)21-12-7-5-8-13-21/h5-18H,3-4H2,1-2H3,(H2,29,31,32). The fraction of sp³-hybridized carbons (Fsp3) is 0.148. The van der Waals surface area contributed by atoms with Crippen molar-refractivity contribution in [2.24, 2.45) is 0 Å². The lowest BCUT2D eigenvalue weighted by Gasteiger charge is -2.16. The van der Waals surface area contributed by atoms with Gasteiger partial charge in [-0.05, 0) is 24.0 Å². The first-order valence-corrected chi connectivity index (χ1v) is 10.9. The third kappa shape index (κ3) is 4.67. The van der Waals surface area contributed by atoms with Crippen molar-refractivity contribution < 1.29 is 4.79 Å². The molecule has 2 N–H and O–H groups in total. The number of nitrogens with zero attached hydrogens (tertiary/aromatic N) is 2. The van der Waals surface area contributed by atoms with Crippen LogP contribution in [0.2, 0.25) is 0 Å². The van der Waals surface area contributed by atoms with Crippen molar-refractivity contribution in [3.8, 4) is 22.6 Å². The second kappa shape index (κ2) is 9.88. The zero-order valence-corrected chi connectivity index (χ0v) is 18.3. The fourth-order valence-electron chi connectivity index (χ4n) is 3.69. The Bertz CT molecular complexity index is 1180. The summed E-state index contributed by atoms with van der Waals surface area (Å²) in [6, 6.07) is 25.4. The molecule has 4 rings (SSSR count). The summed E-state index contributed by atoms with van der Waals surface area (Å²) in [5.41, 5.74) is 6.15. The molecule has 0 bridgehead atoms. The molecule has 32 heavy (non-hydrogen) atoms. The smallest absolute Gasteiger partial charge is 0.307 e. The molecule has 0 unspecified atom stereocenters. The van der Waals surface area contributed by atoms with E-state index in [0.717, 1.165) is 40.8 Å². The van der Waals surface area contributed by atoms with Gasteiger partial charge in [-0.25, -0.2) is 14.8 Å². The van der Waals surface area contributed by atoms with Crippen molar-refractivity contribution in [2.75, 3.05) is 10.6 Å². The minimum absolute atomic E-state index is 0.311. The molecule has 160 valence electrons. The van der Waals surface area contributed by atoms with Gasteiger partial charge in [0.05, 0.1) is 17.6 Å². The van der Waals surface area contributed by atoms with Crippen LogP contribution in [-0.4, -0.2) is 16.0 Å². The van der Waals surface area contributed by atoms with Gasteiger partial charge in [-0.3, -0.25) is 0 Å². The number of aryl methyl sites for hydroxylation is 2. The molecule has 0 radical (unpaired) electrons. The Balaban J connectivity index is 1.67. The van der Waals surface area contributed by atoms with Crippen molar-refractivity contribution >= 4 is 17.4 Å². The number of hydrogen-bond donors (Lipinski definition) is 2. The molecule has 0 spiro atoms. The third-order valence-corrected chi connectivity index (χ3v) is 5.35. The van der Waals surface area contributed by atoms with Crippen LogP contribution in [0.1, 0.15) is 25.0 Å². The van der Waals surface area contributed by atoms with E-state index >= 15 is 0 Å². The second-order valence-electron chi connectivity index (χ2n) is 7.43. The number of para-hydroxylation sites is 1. The lowest BCUT2D eigenvalue weighted by molar-refractivity contribution is 0.262. The largest absolute Gasteiger partial charge is 0.323 e. The molecule has 4 aromatic rings. The maximum absolute atomic E-state index is 13.0. The van der Waals surface area contributed by atoms with Crippen LogP contribution in [-0.2, 0) is 12.8 Å². The number of nitrogens with one attached hydrogen (secondary N) is 2. The summed E-state index contributed by atoms with van der Waals surface area (Å²) in [4.78, 5) is 22.3. The minimum Gasteiger partial charge on any atom is -0.307 e. The Kier molecular flexibility index (Phi) is 6.56. The summed E-state index contributed by atoms with van der Waals surface area (Å²) in [5, 5.41) is 6.01. The summed E-state index contributed by atoms with van der Waals surface area (Å²) in [6.07, 6.45) is 3.35. The van der Waals surface area contributed by atoms with Gasteiger partial charge in [0.25, 0.3) is 0 Å². The summed E-state index contributed by atoms with van der Waals surface area (Å²) in [7, 11) is 0. The second-order valence-corrected chi connectivity index (χ2v) is 7.43. The van der Waals surface area contributed by atoms with Crippen molar-refractivity contribution in [1.29, 1.82) is 0 Å². The van der Waals surface area contributed by atoms with Gasteiger partial charge in [-0.2, -0.15) is 0 Å². The van der Waals surface area contributed by atoms with E-state index in [-0.39, 0.29) is 6.03 Å². The van der Waals surface area contributed by atoms with Crippen LogP contribution in [0.25, 0.3) is 22.6 Å². The average molecular weight is 423 g/mol. The molecule has 5 heteroatoms. The first-order valence-electron chi connectivity index (χ1n) is 10.9. The van der Waals surface area contributed by atoms with Crippen LogP contribution in [0.3, 0.4) is 0 Å². The zero-order chi connectivity index (χ0) is 22.3. The van der Waals surface area contributed by atoms with Crippen molar-refractivity contribution in [3.05, 3.63) is 96.2 Å². The van der Waals surface area contributed by atoms with Gasteiger partial charge in [-0.1, -0.05) is 92.7 Å². The molecule has 0 saturated carbocycles. The van der Waals surface area contributed by atoms with E-state index in [0.29, 0.717) is 17.2 Å². The van der Waals surface area contributed by atoms with E-state index in [2.05, 4.69) is 29.5 Å². The summed E-state index contributed by atoms with van der Waals surface area (Å²) >= 11 is 0. The molecule has 0 saturated heterocycles. The van der Waals surface area contributed by atoms with Gasteiger partial charge in [-0.15, -0.1) is 0 Å². The van der Waals surface area contributed by atoms with Crippen LogP contribution in [0.4, 0.5) is 16.2 Å². The monoisotopic (exact) mass is 422 g/mol. The van der Waals surface area contributed by atoms with E-state index in [4.69, 9.17) is 4.98 Å². The highest BCUT2D eigenvalue weighted by molar-refractivity contribution is 6.02. The maximum atomic E-state index is 13.0. The quantitative estimate of drug-likeness (QED) is 0.369. The first kappa shape index (κ1) is 21.2. The molecule has 0 atom stereocenters. The van der Waals surface area contributed by atoms with Crippen LogP contribution < -0.4 is 10.6 Å². The van der Waals surface area contributed by atoms with Crippen molar-refractivity contribution in [3.63, 3.8) is 0 Å². The average Bonchev–Trinajstić information content (AvgIpc) is 2.85. The number of amides is 2. The van der Waals surface area contributed by atoms with Gasteiger partial charge in [0.1, 0.15) is 0 Å². The summed E-state index contributed by atoms with van der Waals surface area (Å²) < 4.78 is 0. The predicted octanol–water partition coefficient (Wildman–Crippen LogP) is 6.58. The normalized spacial score (nSPS) is 10.6. The molecule has 0 aliphatic carbocycles. The number of carbonyl (C=O) groups excluding carboxylic acids is 1. The Morgan fingerprint density at radius 3 is 1.94 bits per heavy atom. The Morgan fingerprint density at radius 2 is 1.34 bits per heavy atom. The fourth-order valence-corrected chi connectivity index (χ4v) is 3.69. The molecule has 0 aliphatic rings. The maximum Gasteiger partial charge on any atom is 0.323 e. The Hall–Kier alpha value is -3.99. The lowest BCUT2D eigenvalue weighted by atomic mass is 10.0. The third-order valence-electron chi connectivity index (χ3n) is 5.35. The SMILES string of the molecule is CCc1cccc(CC)c1NC(=O)Nc1cnc(-c2ccccc2)nc1-c1ccccc1. The highest BCUT2D eigenvalue weighted by Gasteiger charge is 2.15. The highest BCUT2D eigenvalue weighted by atomic mass is 16.2. The Labute approximate surface area is 188 Å². The van der Waals surface area contributed by atoms with E-state index in [9.17, 15) is 4.79 Å². The zero-order valence-electron chi connectivity index (χ0n) is 18.3. The van der Waals surface area contributed by atoms with Crippen LogP contribution >= 0.6 is 0 Å². The number of urea groups is 1. The number of hydrogen-bond acceptors (Lipinski definition) is 3. The highest BCUT2D eigenvalue weighted by Crippen LogP contribution is 2.29. The number of rotatable bonds is 6. The van der Waals surface area contributed by atoms with Gasteiger partial charge in [0.15, 0.2) is 5.82 Å². The molecule has 5 nitrogen and oxygen atoms in total. The van der Waals surface area contributed by atoms with Crippen molar-refractivity contribution in [2.45, 2.75) is 26.7 Å². The topological polar surface area (TPSA) is 66.9 Å². The number of carbonyl (C=O) groups is 1. The molecule has 1 heterocycles. The van der Waals surface area contributed by atoms with Gasteiger partial charge < -0.3 is 10.6 Å². The number of aromatic nitrogens is 2. The lowest BCUT2D eigenvalue weighted by Crippen LogP contribution is -2.22. The number of benzene rings is 3. The van der Waals surface area contributed by atoms with Crippen molar-refractivity contribution in [1.82, 2.24) is 9.97 Å². The van der Waals surface area contributed by atoms with E-state index in [1.54, 1.807) is 6.20 Å². The van der Waals surface area contributed by atoms with Crippen LogP contribution in [0, 0.1) is 0 Å². The van der Waals surface area contributed by atoms with Gasteiger partial charge in [0.2, 0.25) is 0 Å². The molecule has 0 aliphatic heterocycles. The van der Waals surface area contributed by atoms with E-state index in [1.807, 2.05) is 78.9 Å². The summed E-state index contributed by atoms with van der Waals surface area (Å²) in [6.45, 7) is 4.17. The van der Waals surface area contributed by atoms with Gasteiger partial charge in [0, 0.05) is 16.8 Å². The van der Waals surface area contributed by atoms with Crippen LogP contribution in [0.5, 0.6) is 0 Å². The first-order chi connectivity index (χ1) is 15.7. The van der Waals surface area contributed by atoms with E-state index < -0.39 is 0 Å². The molecular weight excluding hydrogens is 396 g/mol. The number of anilines is 2. The molecule has 1 aromatic heterocycles. The molecule has 2 amide bonds. The van der Waals surface area contributed by atoms with Gasteiger partial charge >= 0.3 is 6.03 Å². The summed E-state index contributed by atoms with van der Waals surface area (Å²) in [5.74, 6) is 0.611. The molecular formula is C27H26N4O. The Morgan fingerprint density at radius 1 is 0.750 bits per heavy atom. The molecule has 3 aromatic carbocycles. The van der Waals surface area contributed by atoms with Crippen LogP contribution in [0.15, 0.2) is 85.1 Å². The van der Waals surface area contributed by atoms with E-state index in [1.165, 1.54) is 0 Å². The molecule has 0 fully saturated rings.